The third kappa shape index (κ3) is 2.50. The van der Waals surface area contributed by atoms with Crippen LogP contribution in [0.3, 0.4) is 0 Å². The van der Waals surface area contributed by atoms with Crippen molar-refractivity contribution in [2.24, 2.45) is 5.92 Å². The smallest absolute Gasteiger partial charge is 0.189 e. The minimum atomic E-state index is -0.517. The zero-order valence-electron chi connectivity index (χ0n) is 9.68. The zero-order chi connectivity index (χ0) is 12.6. The second-order valence-electron chi connectivity index (χ2n) is 4.57. The molecule has 17 heavy (non-hydrogen) atoms. The van der Waals surface area contributed by atoms with Crippen LogP contribution in [0.15, 0.2) is 23.0 Å². The number of nitrogens with one attached hydrogen (secondary N) is 1. The topological polar surface area (TPSA) is 32.9 Å². The Labute approximate surface area is 103 Å². The molecule has 2 nitrogen and oxygen atoms in total. The molecule has 0 radical (unpaired) electrons. The van der Waals surface area contributed by atoms with Gasteiger partial charge in [0.2, 0.25) is 0 Å². The Bertz CT molecular complexity index is 619. The van der Waals surface area contributed by atoms with Crippen molar-refractivity contribution >= 4 is 22.5 Å². The van der Waals surface area contributed by atoms with Gasteiger partial charge in [0.25, 0.3) is 0 Å². The molecule has 1 aromatic carbocycles. The first kappa shape index (κ1) is 12.1. The van der Waals surface area contributed by atoms with Gasteiger partial charge in [-0.3, -0.25) is 4.79 Å². The zero-order valence-corrected chi connectivity index (χ0v) is 10.4. The summed E-state index contributed by atoms with van der Waals surface area (Å²) in [6.45, 7) is 4.12. The molecule has 0 saturated carbocycles. The fourth-order valence-electron chi connectivity index (χ4n) is 1.85. The van der Waals surface area contributed by atoms with Crippen molar-refractivity contribution in [2.75, 3.05) is 0 Å². The predicted octanol–water partition coefficient (Wildman–Crippen LogP) is 3.52. The molecule has 2 rings (SSSR count). The number of pyridine rings is 1. The highest BCUT2D eigenvalue weighted by Gasteiger charge is 2.08. The second-order valence-corrected chi connectivity index (χ2v) is 4.98. The minimum Gasteiger partial charge on any atom is -0.358 e. The van der Waals surface area contributed by atoms with E-state index in [1.165, 1.54) is 12.1 Å². The SMILES string of the molecule is CC(C)Cc1cc(=O)c2cc(Cl)c(F)cc2[nH]1. The summed E-state index contributed by atoms with van der Waals surface area (Å²) in [5, 5.41) is 0.392. The number of halogens is 2. The molecule has 2 aromatic rings. The molecule has 0 amide bonds. The number of hydrogen-bond acceptors (Lipinski definition) is 1. The van der Waals surface area contributed by atoms with Gasteiger partial charge >= 0.3 is 0 Å². The Kier molecular flexibility index (Phi) is 3.20. The molecule has 1 heterocycles. The highest BCUT2D eigenvalue weighted by molar-refractivity contribution is 6.31. The standard InChI is InChI=1S/C13H13ClFNO/c1-7(2)3-8-4-13(17)9-5-10(14)11(15)6-12(9)16-8/h4-7H,3H2,1-2H3,(H,16,17). The fraction of sp³-hybridized carbons (Fsp3) is 0.308. The molecule has 0 bridgehead atoms. The highest BCUT2D eigenvalue weighted by Crippen LogP contribution is 2.20. The summed E-state index contributed by atoms with van der Waals surface area (Å²) in [4.78, 5) is 14.9. The van der Waals surface area contributed by atoms with Crippen LogP contribution in [-0.2, 0) is 6.42 Å². The van der Waals surface area contributed by atoms with Gasteiger partial charge in [-0.25, -0.2) is 4.39 Å². The van der Waals surface area contributed by atoms with E-state index in [4.69, 9.17) is 11.6 Å². The number of hydrogen-bond donors (Lipinski definition) is 1. The lowest BCUT2D eigenvalue weighted by molar-refractivity contribution is 0.628. The lowest BCUT2D eigenvalue weighted by atomic mass is 10.1. The molecule has 4 heteroatoms. The summed E-state index contributed by atoms with van der Waals surface area (Å²) in [7, 11) is 0. The number of aromatic nitrogens is 1. The normalized spacial score (nSPS) is 11.4. The van der Waals surface area contributed by atoms with Crippen LogP contribution in [0.1, 0.15) is 19.5 Å². The van der Waals surface area contributed by atoms with Gasteiger partial charge in [-0.05, 0) is 24.5 Å². The van der Waals surface area contributed by atoms with Crippen LogP contribution in [-0.4, -0.2) is 4.98 Å². The van der Waals surface area contributed by atoms with Crippen LogP contribution < -0.4 is 5.43 Å². The average molecular weight is 254 g/mol. The van der Waals surface area contributed by atoms with E-state index in [1.54, 1.807) is 6.07 Å². The van der Waals surface area contributed by atoms with E-state index in [2.05, 4.69) is 18.8 Å². The van der Waals surface area contributed by atoms with Gasteiger partial charge < -0.3 is 4.98 Å². The molecule has 0 aliphatic heterocycles. The summed E-state index contributed by atoms with van der Waals surface area (Å²) >= 11 is 5.66. The van der Waals surface area contributed by atoms with Gasteiger partial charge in [0, 0.05) is 17.1 Å². The van der Waals surface area contributed by atoms with Crippen molar-refractivity contribution in [1.82, 2.24) is 4.98 Å². The highest BCUT2D eigenvalue weighted by atomic mass is 35.5. The maximum absolute atomic E-state index is 13.3. The average Bonchev–Trinajstić information content (AvgIpc) is 2.20. The third-order valence-corrected chi connectivity index (χ3v) is 2.84. The van der Waals surface area contributed by atoms with E-state index in [-0.39, 0.29) is 10.5 Å². The first-order chi connectivity index (χ1) is 7.97. The van der Waals surface area contributed by atoms with E-state index in [9.17, 15) is 9.18 Å². The van der Waals surface area contributed by atoms with Crippen molar-refractivity contribution in [3.05, 3.63) is 45.0 Å². The van der Waals surface area contributed by atoms with Crippen molar-refractivity contribution in [1.29, 1.82) is 0 Å². The molecule has 0 aliphatic rings. The Balaban J connectivity index is 2.65. The van der Waals surface area contributed by atoms with Crippen LogP contribution in [0.2, 0.25) is 5.02 Å². The molecule has 1 N–H and O–H groups in total. The molecule has 0 unspecified atom stereocenters. The molecule has 0 fully saturated rings. The molecule has 0 aliphatic carbocycles. The Morgan fingerprint density at radius 2 is 2.06 bits per heavy atom. The lowest BCUT2D eigenvalue weighted by Crippen LogP contribution is -2.07. The fourth-order valence-corrected chi connectivity index (χ4v) is 2.01. The van der Waals surface area contributed by atoms with Gasteiger partial charge in [0.05, 0.1) is 10.5 Å². The minimum absolute atomic E-state index is 0.0281. The largest absolute Gasteiger partial charge is 0.358 e. The van der Waals surface area contributed by atoms with Gasteiger partial charge in [-0.15, -0.1) is 0 Å². The summed E-state index contributed by atoms with van der Waals surface area (Å²) in [6, 6.07) is 4.18. The van der Waals surface area contributed by atoms with Crippen molar-refractivity contribution < 1.29 is 4.39 Å². The number of fused-ring (bicyclic) bond motifs is 1. The monoisotopic (exact) mass is 253 g/mol. The quantitative estimate of drug-likeness (QED) is 0.873. The van der Waals surface area contributed by atoms with Crippen LogP contribution in [0, 0.1) is 11.7 Å². The van der Waals surface area contributed by atoms with Crippen LogP contribution in [0.5, 0.6) is 0 Å². The third-order valence-electron chi connectivity index (χ3n) is 2.55. The van der Waals surface area contributed by atoms with E-state index in [0.717, 1.165) is 12.1 Å². The van der Waals surface area contributed by atoms with Crippen molar-refractivity contribution in [3.63, 3.8) is 0 Å². The van der Waals surface area contributed by atoms with Gasteiger partial charge in [-0.2, -0.15) is 0 Å². The summed E-state index contributed by atoms with van der Waals surface area (Å²) in [6.07, 6.45) is 0.759. The lowest BCUT2D eigenvalue weighted by Gasteiger charge is -2.07. The molecular weight excluding hydrogens is 241 g/mol. The molecule has 0 saturated heterocycles. The van der Waals surface area contributed by atoms with E-state index < -0.39 is 5.82 Å². The maximum atomic E-state index is 13.3. The van der Waals surface area contributed by atoms with E-state index in [1.807, 2.05) is 0 Å². The Morgan fingerprint density at radius 1 is 1.35 bits per heavy atom. The molecular formula is C13H13ClFNO. The van der Waals surface area contributed by atoms with Gasteiger partial charge in [-0.1, -0.05) is 25.4 Å². The maximum Gasteiger partial charge on any atom is 0.189 e. The first-order valence-electron chi connectivity index (χ1n) is 5.48. The molecule has 1 aromatic heterocycles. The van der Waals surface area contributed by atoms with Crippen molar-refractivity contribution in [2.45, 2.75) is 20.3 Å². The van der Waals surface area contributed by atoms with Crippen LogP contribution in [0.4, 0.5) is 4.39 Å². The number of H-pyrrole nitrogens is 1. The van der Waals surface area contributed by atoms with Gasteiger partial charge in [0.15, 0.2) is 5.43 Å². The number of aromatic amines is 1. The number of benzene rings is 1. The molecule has 90 valence electrons. The van der Waals surface area contributed by atoms with Gasteiger partial charge in [0.1, 0.15) is 5.82 Å². The Morgan fingerprint density at radius 3 is 2.71 bits per heavy atom. The number of rotatable bonds is 2. The summed E-state index contributed by atoms with van der Waals surface area (Å²) in [5.41, 5.74) is 1.19. The first-order valence-corrected chi connectivity index (χ1v) is 5.86. The van der Waals surface area contributed by atoms with Crippen LogP contribution >= 0.6 is 11.6 Å². The second kappa shape index (κ2) is 4.49. The summed E-state index contributed by atoms with van der Waals surface area (Å²) < 4.78 is 13.3. The molecule has 0 spiro atoms. The summed E-state index contributed by atoms with van der Waals surface area (Å²) in [5.74, 6) is -0.0863. The van der Waals surface area contributed by atoms with E-state index in [0.29, 0.717) is 16.8 Å². The predicted molar refractivity (Wildman–Crippen MR) is 68.1 cm³/mol. The Hall–Kier alpha value is -1.35. The van der Waals surface area contributed by atoms with Crippen molar-refractivity contribution in [3.8, 4) is 0 Å². The van der Waals surface area contributed by atoms with Crippen LogP contribution in [0.25, 0.3) is 10.9 Å². The van der Waals surface area contributed by atoms with E-state index >= 15 is 0 Å². The molecule has 0 atom stereocenters.